The largest absolute Gasteiger partial charge is 2.00 e. The third-order valence-corrected chi connectivity index (χ3v) is 0.129. The molecule has 32 valence electrons. The zero-order chi connectivity index (χ0) is 4.28. The minimum Gasteiger partial charge on any atom is -0.548 e. The molecule has 7 heavy (non-hydrogen) atoms. The molecule has 0 aromatic rings. The maximum atomic E-state index is 9.01. The van der Waals surface area contributed by atoms with Crippen LogP contribution >= 0.6 is 0 Å². The van der Waals surface area contributed by atoms with Crippen LogP contribution in [0.2, 0.25) is 0 Å². The number of aliphatic hydroxyl groups is 1. The number of carboxylic acids is 1. The molecule has 0 amide bonds. The van der Waals surface area contributed by atoms with E-state index in [0.717, 1.165) is 0 Å². The van der Waals surface area contributed by atoms with E-state index in [2.05, 4.69) is 0 Å². The molecule has 1 N–H and O–H groups in total. The topological polar surface area (TPSA) is 60.4 Å². The Morgan fingerprint density at radius 1 is 1.71 bits per heavy atom. The quantitative estimate of drug-likeness (QED) is 0.419. The first kappa shape index (κ1) is 15.7. The molecular weight excluding hydrogens is 186 g/mol. The third-order valence-electron chi connectivity index (χ3n) is 0.129. The van der Waals surface area contributed by atoms with Crippen molar-refractivity contribution in [1.82, 2.24) is 0 Å². The van der Waals surface area contributed by atoms with Crippen LogP contribution in [0.3, 0.4) is 0 Å². The Morgan fingerprint density at radius 2 is 1.86 bits per heavy atom. The molecule has 0 aliphatic carbocycles. The molecule has 0 aliphatic rings. The van der Waals surface area contributed by atoms with Gasteiger partial charge < -0.3 is 15.0 Å². The normalized spacial score (nSPS) is 5.29. The summed E-state index contributed by atoms with van der Waals surface area (Å²) in [4.78, 5) is 9.01. The average molecular weight is 189 g/mol. The Morgan fingerprint density at radius 3 is 1.86 bits per heavy atom. The maximum absolute atomic E-state index is 9.01. The molecule has 0 saturated heterocycles. The van der Waals surface area contributed by atoms with Crippen molar-refractivity contribution < 1.29 is 70.8 Å². The summed E-state index contributed by atoms with van der Waals surface area (Å²) in [5.41, 5.74) is 0. The van der Waals surface area contributed by atoms with Gasteiger partial charge in [0.15, 0.2) is 0 Å². The Balaban J connectivity index is -0.0000000800. The molecule has 0 aromatic heterocycles. The summed E-state index contributed by atoms with van der Waals surface area (Å²) in [6.07, 6.45) is 0. The molecule has 0 unspecified atom stereocenters. The van der Waals surface area contributed by atoms with E-state index in [-0.39, 0.29) is 55.8 Å². The minimum absolute atomic E-state index is 0. The summed E-state index contributed by atoms with van der Waals surface area (Å²) in [7, 11) is 0. The molecule has 0 rings (SSSR count). The fourth-order valence-corrected chi connectivity index (χ4v) is 0. The second kappa shape index (κ2) is 10.3. The summed E-state index contributed by atoms with van der Waals surface area (Å²) < 4.78 is 0. The molecule has 5 heteroatoms. The summed E-state index contributed by atoms with van der Waals surface area (Å²) in [6, 6.07) is 0. The first-order chi connectivity index (χ1) is 2.27. The third kappa shape index (κ3) is 18.8. The van der Waals surface area contributed by atoms with Crippen molar-refractivity contribution in [2.45, 2.75) is 0 Å². The van der Waals surface area contributed by atoms with Gasteiger partial charge in [-0.15, -0.1) is 0 Å². The Hall–Kier alpha value is 1.31. The zero-order valence-corrected chi connectivity index (χ0v) is 8.43. The molecule has 0 aromatic carbocycles. The molecular formula is C2H3NaO3Zr+2. The van der Waals surface area contributed by atoms with Crippen LogP contribution in [0.5, 0.6) is 0 Å². The predicted octanol–water partition coefficient (Wildman–Crippen LogP) is -5.27. The van der Waals surface area contributed by atoms with Crippen LogP contribution in [0, 0.1) is 0 Å². The van der Waals surface area contributed by atoms with Crippen molar-refractivity contribution in [3.05, 3.63) is 0 Å². The SMILES string of the molecule is O=C([O-])CO.[Na+].[Zr+2]. The van der Waals surface area contributed by atoms with Gasteiger partial charge >= 0.3 is 55.8 Å². The van der Waals surface area contributed by atoms with Gasteiger partial charge in [0.25, 0.3) is 0 Å². The summed E-state index contributed by atoms with van der Waals surface area (Å²) >= 11 is 0. The van der Waals surface area contributed by atoms with Gasteiger partial charge in [0.05, 0.1) is 12.6 Å². The molecule has 0 radical (unpaired) electrons. The second-order valence-electron chi connectivity index (χ2n) is 0.530. The van der Waals surface area contributed by atoms with Crippen LogP contribution < -0.4 is 34.7 Å². The first-order valence-corrected chi connectivity index (χ1v) is 1.08. The average Bonchev–Trinajstić information content (AvgIpc) is 1.38. The fourth-order valence-electron chi connectivity index (χ4n) is 0. The smallest absolute Gasteiger partial charge is 0.548 e. The van der Waals surface area contributed by atoms with E-state index in [1.54, 1.807) is 0 Å². The van der Waals surface area contributed by atoms with Gasteiger partial charge in [-0.05, 0) is 0 Å². The maximum Gasteiger partial charge on any atom is 2.00 e. The van der Waals surface area contributed by atoms with Crippen molar-refractivity contribution in [3.63, 3.8) is 0 Å². The Kier molecular flexibility index (Phi) is 23.2. The molecule has 0 spiro atoms. The number of hydrogen-bond donors (Lipinski definition) is 1. The van der Waals surface area contributed by atoms with Gasteiger partial charge in [-0.1, -0.05) is 0 Å². The summed E-state index contributed by atoms with van der Waals surface area (Å²) in [5, 5.41) is 16.5. The minimum atomic E-state index is -1.44. The van der Waals surface area contributed by atoms with E-state index in [1.165, 1.54) is 0 Å². The van der Waals surface area contributed by atoms with Crippen LogP contribution in [-0.4, -0.2) is 17.7 Å². The summed E-state index contributed by atoms with van der Waals surface area (Å²) in [6.45, 7) is -0.889. The fraction of sp³-hybridized carbons (Fsp3) is 0.500. The standard InChI is InChI=1S/C2H4O3.Na.Zr/c3-1-2(4)5;;/h3H,1H2,(H,4,5);;/q;+1;+2/p-1. The zero-order valence-electron chi connectivity index (χ0n) is 3.97. The van der Waals surface area contributed by atoms with Crippen molar-refractivity contribution in [2.75, 3.05) is 6.61 Å². The van der Waals surface area contributed by atoms with Crippen LogP contribution in [0.25, 0.3) is 0 Å². The molecule has 0 bridgehead atoms. The molecule has 0 aliphatic heterocycles. The number of rotatable bonds is 1. The molecule has 0 heterocycles. The molecule has 0 atom stereocenters. The van der Waals surface area contributed by atoms with Gasteiger partial charge in [-0.3, -0.25) is 0 Å². The number of carbonyl (C=O) groups excluding carboxylic acids is 1. The number of carboxylic acid groups (broad SMARTS) is 1. The van der Waals surface area contributed by atoms with Gasteiger partial charge in [-0.25, -0.2) is 0 Å². The second-order valence-corrected chi connectivity index (χ2v) is 0.530. The monoisotopic (exact) mass is 188 g/mol. The first-order valence-electron chi connectivity index (χ1n) is 1.08. The van der Waals surface area contributed by atoms with Crippen molar-refractivity contribution in [1.29, 1.82) is 0 Å². The molecule has 3 nitrogen and oxygen atoms in total. The Labute approximate surface area is 82.5 Å². The van der Waals surface area contributed by atoms with E-state index >= 15 is 0 Å². The van der Waals surface area contributed by atoms with Gasteiger partial charge in [-0.2, -0.15) is 0 Å². The van der Waals surface area contributed by atoms with E-state index in [1.807, 2.05) is 0 Å². The van der Waals surface area contributed by atoms with Crippen molar-refractivity contribution in [3.8, 4) is 0 Å². The van der Waals surface area contributed by atoms with E-state index < -0.39 is 12.6 Å². The number of aliphatic carboxylic acids is 1. The van der Waals surface area contributed by atoms with Gasteiger partial charge in [0.2, 0.25) is 0 Å². The molecule has 0 fully saturated rings. The predicted molar refractivity (Wildman–Crippen MR) is 12.1 cm³/mol. The van der Waals surface area contributed by atoms with Gasteiger partial charge in [0.1, 0.15) is 0 Å². The van der Waals surface area contributed by atoms with Crippen molar-refractivity contribution >= 4 is 5.97 Å². The number of carbonyl (C=O) groups is 1. The van der Waals surface area contributed by atoms with Gasteiger partial charge in [0, 0.05) is 0 Å². The summed E-state index contributed by atoms with van der Waals surface area (Å²) in [5.74, 6) is -1.44. The van der Waals surface area contributed by atoms with Crippen molar-refractivity contribution in [2.24, 2.45) is 0 Å². The van der Waals surface area contributed by atoms with Crippen LogP contribution in [0.4, 0.5) is 0 Å². The molecule has 0 saturated carbocycles. The van der Waals surface area contributed by atoms with Crippen LogP contribution in [0.1, 0.15) is 0 Å². The van der Waals surface area contributed by atoms with Crippen LogP contribution in [0.15, 0.2) is 0 Å². The van der Waals surface area contributed by atoms with Crippen LogP contribution in [-0.2, 0) is 31.0 Å². The Bertz CT molecular complexity index is 48.2. The number of hydrogen-bond acceptors (Lipinski definition) is 3. The van der Waals surface area contributed by atoms with E-state index in [0.29, 0.717) is 0 Å². The number of aliphatic hydroxyl groups excluding tert-OH is 1. The van der Waals surface area contributed by atoms with E-state index in [4.69, 9.17) is 15.0 Å². The van der Waals surface area contributed by atoms with E-state index in [9.17, 15) is 0 Å².